The van der Waals surface area contributed by atoms with E-state index in [1.54, 1.807) is 18.2 Å². The van der Waals surface area contributed by atoms with Crippen molar-refractivity contribution in [2.45, 2.75) is 30.2 Å². The topological polar surface area (TPSA) is 139 Å². The Balaban J connectivity index is 1.47. The molecule has 1 fully saturated rings. The monoisotopic (exact) mass is 466 g/mol. The van der Waals surface area contributed by atoms with Crippen LogP contribution in [-0.4, -0.2) is 43.1 Å². The van der Waals surface area contributed by atoms with Gasteiger partial charge >= 0.3 is 0 Å². The van der Waals surface area contributed by atoms with Gasteiger partial charge in [-0.25, -0.2) is 18.4 Å². The first kappa shape index (κ1) is 22.7. The largest absolute Gasteiger partial charge is 0.397 e. The SMILES string of the molecule is CS(=O)(=O)c1cccc(-c2cc(Nc3ccc(NC(=O)[C@@H]4CCCCN4)cc3)ncn2)c1N. The lowest BCUT2D eigenvalue weighted by molar-refractivity contribution is -0.118. The zero-order valence-electron chi connectivity index (χ0n) is 18.2. The van der Waals surface area contributed by atoms with Crippen molar-refractivity contribution in [2.75, 3.05) is 29.2 Å². The number of nitrogen functional groups attached to an aromatic ring is 1. The normalized spacial score (nSPS) is 16.2. The Morgan fingerprint density at radius 1 is 1.09 bits per heavy atom. The summed E-state index contributed by atoms with van der Waals surface area (Å²) < 4.78 is 23.9. The lowest BCUT2D eigenvalue weighted by atomic mass is 10.0. The number of piperidine rings is 1. The number of aromatic nitrogens is 2. The van der Waals surface area contributed by atoms with E-state index in [0.717, 1.165) is 37.8 Å². The van der Waals surface area contributed by atoms with Crippen molar-refractivity contribution in [3.8, 4) is 11.3 Å². The Hall–Kier alpha value is -3.50. The molecule has 33 heavy (non-hydrogen) atoms. The van der Waals surface area contributed by atoms with E-state index in [1.165, 1.54) is 12.4 Å². The first-order chi connectivity index (χ1) is 15.8. The van der Waals surface area contributed by atoms with Crippen molar-refractivity contribution < 1.29 is 13.2 Å². The molecule has 0 bridgehead atoms. The van der Waals surface area contributed by atoms with Gasteiger partial charge in [-0.1, -0.05) is 18.6 Å². The second kappa shape index (κ2) is 9.55. The van der Waals surface area contributed by atoms with Crippen LogP contribution in [0.2, 0.25) is 0 Å². The Morgan fingerprint density at radius 3 is 2.55 bits per heavy atom. The fourth-order valence-electron chi connectivity index (χ4n) is 3.75. The van der Waals surface area contributed by atoms with Gasteiger partial charge in [-0.2, -0.15) is 0 Å². The summed E-state index contributed by atoms with van der Waals surface area (Å²) in [4.78, 5) is 20.9. The molecule has 0 saturated carbocycles. The van der Waals surface area contributed by atoms with E-state index < -0.39 is 9.84 Å². The molecule has 0 spiro atoms. The molecule has 3 aromatic rings. The van der Waals surface area contributed by atoms with Crippen LogP contribution in [0.4, 0.5) is 22.9 Å². The van der Waals surface area contributed by atoms with Crippen LogP contribution in [0.1, 0.15) is 19.3 Å². The summed E-state index contributed by atoms with van der Waals surface area (Å²) in [5.41, 5.74) is 8.76. The zero-order chi connectivity index (χ0) is 23.4. The number of anilines is 4. The van der Waals surface area contributed by atoms with Crippen LogP contribution in [-0.2, 0) is 14.6 Å². The molecule has 5 N–H and O–H groups in total. The summed E-state index contributed by atoms with van der Waals surface area (Å²) >= 11 is 0. The summed E-state index contributed by atoms with van der Waals surface area (Å²) in [6, 6.07) is 13.7. The molecule has 9 nitrogen and oxygen atoms in total. The second-order valence-electron chi connectivity index (χ2n) is 7.97. The van der Waals surface area contributed by atoms with Crippen molar-refractivity contribution in [3.05, 3.63) is 54.9 Å². The van der Waals surface area contributed by atoms with Gasteiger partial charge in [0.25, 0.3) is 0 Å². The number of sulfone groups is 1. The van der Waals surface area contributed by atoms with Crippen LogP contribution >= 0.6 is 0 Å². The van der Waals surface area contributed by atoms with Crippen molar-refractivity contribution in [1.82, 2.24) is 15.3 Å². The molecule has 0 aliphatic carbocycles. The maximum Gasteiger partial charge on any atom is 0.241 e. The van der Waals surface area contributed by atoms with Gasteiger partial charge in [-0.3, -0.25) is 4.79 Å². The molecule has 10 heteroatoms. The number of rotatable bonds is 6. The summed E-state index contributed by atoms with van der Waals surface area (Å²) in [6.07, 6.45) is 5.51. The number of amides is 1. The van der Waals surface area contributed by atoms with Crippen LogP contribution in [0.15, 0.2) is 59.8 Å². The highest BCUT2D eigenvalue weighted by molar-refractivity contribution is 7.90. The second-order valence-corrected chi connectivity index (χ2v) is 9.96. The van der Waals surface area contributed by atoms with Gasteiger partial charge in [0.1, 0.15) is 12.1 Å². The van der Waals surface area contributed by atoms with Crippen molar-refractivity contribution in [2.24, 2.45) is 0 Å². The molecule has 1 atom stereocenters. The lowest BCUT2D eigenvalue weighted by Crippen LogP contribution is -2.43. The van der Waals surface area contributed by atoms with Gasteiger partial charge in [0.2, 0.25) is 5.91 Å². The third-order valence-corrected chi connectivity index (χ3v) is 6.62. The zero-order valence-corrected chi connectivity index (χ0v) is 19.0. The third-order valence-electron chi connectivity index (χ3n) is 5.46. The van der Waals surface area contributed by atoms with Crippen molar-refractivity contribution in [1.29, 1.82) is 0 Å². The van der Waals surface area contributed by atoms with Gasteiger partial charge in [0, 0.05) is 29.3 Å². The minimum Gasteiger partial charge on any atom is -0.397 e. The average Bonchev–Trinajstić information content (AvgIpc) is 2.80. The molecule has 1 aromatic heterocycles. The fraction of sp³-hybridized carbons (Fsp3) is 0.261. The van der Waals surface area contributed by atoms with E-state index in [-0.39, 0.29) is 22.5 Å². The van der Waals surface area contributed by atoms with Crippen molar-refractivity contribution >= 4 is 38.6 Å². The molecule has 2 aromatic carbocycles. The van der Waals surface area contributed by atoms with E-state index in [2.05, 4.69) is 25.9 Å². The number of nitrogens with one attached hydrogen (secondary N) is 3. The molecule has 2 heterocycles. The predicted octanol–water partition coefficient (Wildman–Crippen LogP) is 2.95. The van der Waals surface area contributed by atoms with Crippen LogP contribution in [0.25, 0.3) is 11.3 Å². The number of nitrogens with zero attached hydrogens (tertiary/aromatic N) is 2. The molecule has 4 rings (SSSR count). The summed E-state index contributed by atoms with van der Waals surface area (Å²) in [7, 11) is -3.46. The number of hydrogen-bond acceptors (Lipinski definition) is 8. The molecule has 1 aliphatic rings. The quantitative estimate of drug-likeness (QED) is 0.407. The van der Waals surface area contributed by atoms with Crippen LogP contribution in [0.3, 0.4) is 0 Å². The van der Waals surface area contributed by atoms with E-state index in [0.29, 0.717) is 22.8 Å². The summed E-state index contributed by atoms with van der Waals surface area (Å²) in [6.45, 7) is 0.867. The summed E-state index contributed by atoms with van der Waals surface area (Å²) in [5, 5.41) is 9.36. The number of hydrogen-bond donors (Lipinski definition) is 4. The molecule has 172 valence electrons. The highest BCUT2D eigenvalue weighted by atomic mass is 32.2. The number of para-hydroxylation sites is 1. The predicted molar refractivity (Wildman–Crippen MR) is 129 cm³/mol. The van der Waals surface area contributed by atoms with Gasteiger partial charge in [-0.05, 0) is 49.7 Å². The third kappa shape index (κ3) is 5.47. The molecular weight excluding hydrogens is 440 g/mol. The molecule has 0 radical (unpaired) electrons. The molecule has 1 aliphatic heterocycles. The molecular formula is C23H26N6O3S. The van der Waals surface area contributed by atoms with E-state index >= 15 is 0 Å². The standard InChI is InChI=1S/C23H26N6O3S/c1-33(31,32)20-7-4-5-17(22(20)24)19-13-21(27-14-26-19)28-15-8-10-16(11-9-15)29-23(30)18-6-2-3-12-25-18/h4-5,7-11,13-14,18,25H,2-3,6,12,24H2,1H3,(H,29,30)(H,26,27,28)/t18-/m0/s1. The smallest absolute Gasteiger partial charge is 0.241 e. The van der Waals surface area contributed by atoms with E-state index in [4.69, 9.17) is 5.73 Å². The van der Waals surface area contributed by atoms with Gasteiger partial charge < -0.3 is 21.7 Å². The Labute approximate surface area is 192 Å². The fourth-order valence-corrected chi connectivity index (χ4v) is 4.59. The number of carbonyl (C=O) groups excluding carboxylic acids is 1. The minimum absolute atomic E-state index is 0.0234. The van der Waals surface area contributed by atoms with Crippen LogP contribution in [0, 0.1) is 0 Å². The number of carbonyl (C=O) groups is 1. The van der Waals surface area contributed by atoms with Gasteiger partial charge in [0.15, 0.2) is 9.84 Å². The molecule has 1 saturated heterocycles. The van der Waals surface area contributed by atoms with Gasteiger partial charge in [0.05, 0.1) is 22.3 Å². The molecule has 1 amide bonds. The van der Waals surface area contributed by atoms with Crippen LogP contribution < -0.4 is 21.7 Å². The van der Waals surface area contributed by atoms with Gasteiger partial charge in [-0.15, -0.1) is 0 Å². The maximum absolute atomic E-state index is 12.4. The van der Waals surface area contributed by atoms with Crippen molar-refractivity contribution in [3.63, 3.8) is 0 Å². The Kier molecular flexibility index (Phi) is 6.57. The lowest BCUT2D eigenvalue weighted by Gasteiger charge is -2.22. The minimum atomic E-state index is -3.46. The number of benzene rings is 2. The Bertz CT molecular complexity index is 1260. The van der Waals surface area contributed by atoms with E-state index in [9.17, 15) is 13.2 Å². The van der Waals surface area contributed by atoms with Crippen LogP contribution in [0.5, 0.6) is 0 Å². The number of nitrogens with two attached hydrogens (primary N) is 1. The Morgan fingerprint density at radius 2 is 1.85 bits per heavy atom. The first-order valence-corrected chi connectivity index (χ1v) is 12.5. The molecule has 0 unspecified atom stereocenters. The van der Waals surface area contributed by atoms with E-state index in [1.807, 2.05) is 24.3 Å². The average molecular weight is 467 g/mol. The highest BCUT2D eigenvalue weighted by Gasteiger charge is 2.20. The maximum atomic E-state index is 12.4. The summed E-state index contributed by atoms with van der Waals surface area (Å²) in [5.74, 6) is 0.497. The first-order valence-electron chi connectivity index (χ1n) is 10.6. The highest BCUT2D eigenvalue weighted by Crippen LogP contribution is 2.31.